The third-order valence-corrected chi connectivity index (χ3v) is 6.25. The van der Waals surface area contributed by atoms with E-state index in [1.165, 1.54) is 0 Å². The highest BCUT2D eigenvalue weighted by Gasteiger charge is 2.33. The number of nitrogens with one attached hydrogen (secondary N) is 2. The predicted molar refractivity (Wildman–Crippen MR) is 106 cm³/mol. The van der Waals surface area contributed by atoms with E-state index in [-0.39, 0.29) is 23.8 Å². The second-order valence-electron chi connectivity index (χ2n) is 8.75. The van der Waals surface area contributed by atoms with Crippen molar-refractivity contribution in [2.45, 2.75) is 83.7 Å². The van der Waals surface area contributed by atoms with Gasteiger partial charge in [-0.15, -0.1) is 0 Å². The van der Waals surface area contributed by atoms with Gasteiger partial charge in [-0.05, 0) is 51.6 Å². The second kappa shape index (κ2) is 10.1. The minimum absolute atomic E-state index is 0.0396. The average molecular weight is 377 g/mol. The number of likely N-dealkylation sites (tertiary alicyclic amines) is 1. The van der Waals surface area contributed by atoms with Crippen molar-refractivity contribution in [2.75, 3.05) is 19.6 Å². The molecule has 0 spiro atoms. The zero-order chi connectivity index (χ0) is 19.9. The van der Waals surface area contributed by atoms with E-state index in [1.807, 2.05) is 6.92 Å². The van der Waals surface area contributed by atoms with Crippen molar-refractivity contribution in [3.63, 3.8) is 0 Å². The van der Waals surface area contributed by atoms with Crippen LogP contribution in [0.4, 0.5) is 0 Å². The molecule has 0 radical (unpaired) electrons. The van der Waals surface area contributed by atoms with Gasteiger partial charge >= 0.3 is 0 Å². The molecule has 1 aliphatic heterocycles. The summed E-state index contributed by atoms with van der Waals surface area (Å²) in [6.07, 6.45) is 7.37. The van der Waals surface area contributed by atoms with Gasteiger partial charge in [-0.1, -0.05) is 39.5 Å². The number of hydrogen-bond acceptors (Lipinski definition) is 4. The third kappa shape index (κ3) is 6.49. The molecule has 1 saturated carbocycles. The molecule has 0 aromatic carbocycles. The van der Waals surface area contributed by atoms with Gasteiger partial charge < -0.3 is 10.6 Å². The molecule has 1 aliphatic carbocycles. The van der Waals surface area contributed by atoms with Crippen LogP contribution in [-0.2, 0) is 9.59 Å². The molecule has 2 fully saturated rings. The molecule has 6 heteroatoms. The first-order valence-electron chi connectivity index (χ1n) is 10.6. The molecule has 2 N–H and O–H groups in total. The summed E-state index contributed by atoms with van der Waals surface area (Å²) in [5.41, 5.74) is -0.682. The smallest absolute Gasteiger partial charge is 0.235 e. The lowest BCUT2D eigenvalue weighted by atomic mass is 9.91. The van der Waals surface area contributed by atoms with E-state index < -0.39 is 5.54 Å². The van der Waals surface area contributed by atoms with Gasteiger partial charge in [-0.3, -0.25) is 14.5 Å². The first kappa shape index (κ1) is 21.7. The molecule has 0 bridgehead atoms. The number of rotatable bonds is 6. The molecule has 152 valence electrons. The number of nitrogens with zero attached hydrogens (tertiary/aromatic N) is 2. The standard InChI is InChI=1S/C21H36N4O2/c1-16(2)17(3)23-20(27)18-8-12-25(13-9-18)14-19(26)24-21(15-22)10-6-4-5-7-11-21/h16-18H,4-14H2,1-3H3,(H,23,27)(H,24,26). The number of hydrogen-bond donors (Lipinski definition) is 2. The van der Waals surface area contributed by atoms with Crippen molar-refractivity contribution in [3.8, 4) is 6.07 Å². The van der Waals surface area contributed by atoms with Crippen molar-refractivity contribution in [3.05, 3.63) is 0 Å². The van der Waals surface area contributed by atoms with Crippen LogP contribution in [0.2, 0.25) is 0 Å². The molecule has 0 aromatic rings. The molecule has 1 atom stereocenters. The number of nitriles is 1. The van der Waals surface area contributed by atoms with Crippen LogP contribution < -0.4 is 10.6 Å². The van der Waals surface area contributed by atoms with Gasteiger partial charge in [0.05, 0.1) is 12.6 Å². The molecular formula is C21H36N4O2. The molecule has 6 nitrogen and oxygen atoms in total. The van der Waals surface area contributed by atoms with Crippen LogP contribution in [0.3, 0.4) is 0 Å². The highest BCUT2D eigenvalue weighted by Crippen LogP contribution is 2.26. The van der Waals surface area contributed by atoms with Gasteiger partial charge in [0.25, 0.3) is 0 Å². The summed E-state index contributed by atoms with van der Waals surface area (Å²) in [5.74, 6) is 0.545. The van der Waals surface area contributed by atoms with Gasteiger partial charge in [0.2, 0.25) is 11.8 Å². The molecule has 0 aromatic heterocycles. The fourth-order valence-electron chi connectivity index (χ4n) is 3.97. The maximum absolute atomic E-state index is 12.5. The van der Waals surface area contributed by atoms with Gasteiger partial charge in [0.1, 0.15) is 5.54 Å². The first-order chi connectivity index (χ1) is 12.8. The largest absolute Gasteiger partial charge is 0.353 e. The number of amides is 2. The Morgan fingerprint density at radius 1 is 1.11 bits per heavy atom. The van der Waals surface area contributed by atoms with Crippen molar-refractivity contribution in [2.24, 2.45) is 11.8 Å². The van der Waals surface area contributed by atoms with E-state index in [4.69, 9.17) is 0 Å². The molecule has 1 heterocycles. The maximum atomic E-state index is 12.5. The van der Waals surface area contributed by atoms with Crippen LogP contribution in [0.15, 0.2) is 0 Å². The summed E-state index contributed by atoms with van der Waals surface area (Å²) in [6.45, 7) is 8.08. The number of carbonyl (C=O) groups is 2. The van der Waals surface area contributed by atoms with Gasteiger partial charge in [-0.25, -0.2) is 0 Å². The highest BCUT2D eigenvalue weighted by molar-refractivity contribution is 5.80. The Labute approximate surface area is 164 Å². The molecule has 1 saturated heterocycles. The van der Waals surface area contributed by atoms with E-state index >= 15 is 0 Å². The van der Waals surface area contributed by atoms with Crippen LogP contribution in [0.25, 0.3) is 0 Å². The monoisotopic (exact) mass is 376 g/mol. The SMILES string of the molecule is CC(C)C(C)NC(=O)C1CCN(CC(=O)NC2(C#N)CCCCCC2)CC1. The minimum Gasteiger partial charge on any atom is -0.353 e. The van der Waals surface area contributed by atoms with Gasteiger partial charge in [0.15, 0.2) is 0 Å². The van der Waals surface area contributed by atoms with Crippen LogP contribution in [0.5, 0.6) is 0 Å². The Morgan fingerprint density at radius 2 is 1.70 bits per heavy atom. The Morgan fingerprint density at radius 3 is 2.22 bits per heavy atom. The second-order valence-corrected chi connectivity index (χ2v) is 8.75. The summed E-state index contributed by atoms with van der Waals surface area (Å²) in [6, 6.07) is 2.55. The lowest BCUT2D eigenvalue weighted by Gasteiger charge is -2.33. The Balaban J connectivity index is 1.77. The zero-order valence-corrected chi connectivity index (χ0v) is 17.2. The van der Waals surface area contributed by atoms with E-state index in [0.29, 0.717) is 12.5 Å². The van der Waals surface area contributed by atoms with Crippen LogP contribution in [-0.4, -0.2) is 47.9 Å². The molecule has 1 unspecified atom stereocenters. The van der Waals surface area contributed by atoms with Gasteiger partial charge in [0, 0.05) is 12.0 Å². The third-order valence-electron chi connectivity index (χ3n) is 6.25. The predicted octanol–water partition coefficient (Wildman–Crippen LogP) is 2.59. The summed E-state index contributed by atoms with van der Waals surface area (Å²) in [5, 5.41) is 15.7. The molecule has 27 heavy (non-hydrogen) atoms. The lowest BCUT2D eigenvalue weighted by Crippen LogP contribution is -2.52. The highest BCUT2D eigenvalue weighted by atomic mass is 16.2. The summed E-state index contributed by atoms with van der Waals surface area (Å²) >= 11 is 0. The van der Waals surface area contributed by atoms with E-state index in [0.717, 1.165) is 64.5 Å². The van der Waals surface area contributed by atoms with Crippen molar-refractivity contribution < 1.29 is 9.59 Å². The van der Waals surface area contributed by atoms with Crippen molar-refractivity contribution in [1.82, 2.24) is 15.5 Å². The number of carbonyl (C=O) groups excluding carboxylic acids is 2. The van der Waals surface area contributed by atoms with Crippen molar-refractivity contribution in [1.29, 1.82) is 5.26 Å². The average Bonchev–Trinajstić information content (AvgIpc) is 2.88. The Hall–Kier alpha value is -1.61. The van der Waals surface area contributed by atoms with E-state index in [9.17, 15) is 14.9 Å². The lowest BCUT2D eigenvalue weighted by molar-refractivity contribution is -0.127. The minimum atomic E-state index is -0.682. The zero-order valence-electron chi connectivity index (χ0n) is 17.2. The summed E-state index contributed by atoms with van der Waals surface area (Å²) in [4.78, 5) is 27.0. The van der Waals surface area contributed by atoms with Gasteiger partial charge in [-0.2, -0.15) is 5.26 Å². The normalized spacial score (nSPS) is 22.5. The molecule has 2 aliphatic rings. The topological polar surface area (TPSA) is 85.2 Å². The fraction of sp³-hybridized carbons (Fsp3) is 0.857. The summed E-state index contributed by atoms with van der Waals surface area (Å²) in [7, 11) is 0. The Kier molecular flexibility index (Phi) is 8.09. The van der Waals surface area contributed by atoms with Crippen molar-refractivity contribution >= 4 is 11.8 Å². The fourth-order valence-corrected chi connectivity index (χ4v) is 3.97. The molecule has 2 amide bonds. The van der Waals surface area contributed by atoms with Crippen LogP contribution >= 0.6 is 0 Å². The van der Waals surface area contributed by atoms with E-state index in [2.05, 4.69) is 35.5 Å². The van der Waals surface area contributed by atoms with Crippen LogP contribution in [0.1, 0.15) is 72.1 Å². The van der Waals surface area contributed by atoms with E-state index in [1.54, 1.807) is 0 Å². The Bertz CT molecular complexity index is 539. The quantitative estimate of drug-likeness (QED) is 0.698. The first-order valence-corrected chi connectivity index (χ1v) is 10.6. The maximum Gasteiger partial charge on any atom is 0.235 e. The van der Waals surface area contributed by atoms with Crippen LogP contribution in [0, 0.1) is 23.2 Å². The molecular weight excluding hydrogens is 340 g/mol. The molecule has 2 rings (SSSR count). The number of piperidine rings is 1. The summed E-state index contributed by atoms with van der Waals surface area (Å²) < 4.78 is 0.